The zero-order valence-electron chi connectivity index (χ0n) is 7.86. The SMILES string of the molecule is NC(=O)c1ccc(NCC(=O)O)c(N)c1. The molecule has 0 unspecified atom stereocenters. The number of carbonyl (C=O) groups excluding carboxylic acids is 1. The van der Waals surface area contributed by atoms with Gasteiger partial charge in [0.25, 0.3) is 0 Å². The molecule has 0 saturated heterocycles. The Morgan fingerprint density at radius 2 is 2.07 bits per heavy atom. The van der Waals surface area contributed by atoms with Gasteiger partial charge in [0.15, 0.2) is 0 Å². The van der Waals surface area contributed by atoms with Gasteiger partial charge in [-0.3, -0.25) is 9.59 Å². The minimum atomic E-state index is -0.992. The molecule has 0 fully saturated rings. The zero-order chi connectivity index (χ0) is 11.4. The van der Waals surface area contributed by atoms with E-state index in [4.69, 9.17) is 16.6 Å². The third kappa shape index (κ3) is 2.87. The van der Waals surface area contributed by atoms with Gasteiger partial charge in [-0.25, -0.2) is 0 Å². The fourth-order valence-corrected chi connectivity index (χ4v) is 1.05. The second-order valence-corrected chi connectivity index (χ2v) is 2.91. The standard InChI is InChI=1S/C9H11N3O3/c10-6-3-5(9(11)15)1-2-7(6)12-4-8(13)14/h1-3,12H,4,10H2,(H2,11,15)(H,13,14). The first-order valence-electron chi connectivity index (χ1n) is 4.15. The van der Waals surface area contributed by atoms with E-state index >= 15 is 0 Å². The number of amides is 1. The third-order valence-electron chi connectivity index (χ3n) is 1.77. The molecule has 0 spiro atoms. The molecule has 0 aromatic heterocycles. The molecule has 80 valence electrons. The first-order chi connectivity index (χ1) is 7.00. The summed E-state index contributed by atoms with van der Waals surface area (Å²) < 4.78 is 0. The summed E-state index contributed by atoms with van der Waals surface area (Å²) in [6, 6.07) is 4.38. The molecule has 0 heterocycles. The summed E-state index contributed by atoms with van der Waals surface area (Å²) in [5, 5.41) is 11.0. The molecular weight excluding hydrogens is 198 g/mol. The van der Waals surface area contributed by atoms with E-state index in [9.17, 15) is 9.59 Å². The van der Waals surface area contributed by atoms with Crippen LogP contribution in [0.15, 0.2) is 18.2 Å². The molecule has 15 heavy (non-hydrogen) atoms. The van der Waals surface area contributed by atoms with Crippen molar-refractivity contribution in [2.24, 2.45) is 5.73 Å². The lowest BCUT2D eigenvalue weighted by Crippen LogP contribution is -2.15. The van der Waals surface area contributed by atoms with Gasteiger partial charge in [-0.05, 0) is 18.2 Å². The van der Waals surface area contributed by atoms with Crippen LogP contribution in [0, 0.1) is 0 Å². The molecular formula is C9H11N3O3. The molecule has 0 radical (unpaired) electrons. The Morgan fingerprint density at radius 1 is 1.40 bits per heavy atom. The van der Waals surface area contributed by atoms with Crippen LogP contribution in [0.3, 0.4) is 0 Å². The van der Waals surface area contributed by atoms with Gasteiger partial charge in [0.2, 0.25) is 5.91 Å². The lowest BCUT2D eigenvalue weighted by molar-refractivity contribution is -0.134. The smallest absolute Gasteiger partial charge is 0.322 e. The second kappa shape index (κ2) is 4.32. The lowest BCUT2D eigenvalue weighted by atomic mass is 10.1. The summed E-state index contributed by atoms with van der Waals surface area (Å²) in [5.74, 6) is -1.57. The van der Waals surface area contributed by atoms with Crippen LogP contribution in [-0.4, -0.2) is 23.5 Å². The number of primary amides is 1. The number of aliphatic carboxylic acids is 1. The highest BCUT2D eigenvalue weighted by atomic mass is 16.4. The van der Waals surface area contributed by atoms with Crippen molar-refractivity contribution in [2.75, 3.05) is 17.6 Å². The number of benzene rings is 1. The molecule has 1 aromatic carbocycles. The van der Waals surface area contributed by atoms with Crippen LogP contribution < -0.4 is 16.8 Å². The van der Waals surface area contributed by atoms with Gasteiger partial charge in [-0.15, -0.1) is 0 Å². The van der Waals surface area contributed by atoms with Crippen molar-refractivity contribution in [1.29, 1.82) is 0 Å². The maximum atomic E-state index is 10.8. The van der Waals surface area contributed by atoms with Crippen LogP contribution in [0.4, 0.5) is 11.4 Å². The molecule has 0 atom stereocenters. The van der Waals surface area contributed by atoms with E-state index in [-0.39, 0.29) is 17.8 Å². The van der Waals surface area contributed by atoms with Crippen LogP contribution in [0.2, 0.25) is 0 Å². The Morgan fingerprint density at radius 3 is 2.53 bits per heavy atom. The summed E-state index contributed by atoms with van der Waals surface area (Å²) in [7, 11) is 0. The Balaban J connectivity index is 2.83. The van der Waals surface area contributed by atoms with Gasteiger partial charge in [-0.2, -0.15) is 0 Å². The van der Waals surface area contributed by atoms with E-state index in [1.54, 1.807) is 0 Å². The number of nitrogens with two attached hydrogens (primary N) is 2. The number of anilines is 2. The minimum Gasteiger partial charge on any atom is -0.480 e. The van der Waals surface area contributed by atoms with Crippen molar-refractivity contribution in [3.63, 3.8) is 0 Å². The summed E-state index contributed by atoms with van der Waals surface area (Å²) in [6.45, 7) is -0.236. The Bertz CT molecular complexity index is 404. The second-order valence-electron chi connectivity index (χ2n) is 2.91. The highest BCUT2D eigenvalue weighted by Crippen LogP contribution is 2.19. The van der Waals surface area contributed by atoms with E-state index < -0.39 is 11.9 Å². The third-order valence-corrected chi connectivity index (χ3v) is 1.77. The molecule has 0 aliphatic heterocycles. The minimum absolute atomic E-state index is 0.236. The molecule has 0 aliphatic rings. The van der Waals surface area contributed by atoms with Crippen LogP contribution >= 0.6 is 0 Å². The average molecular weight is 209 g/mol. The molecule has 1 amide bonds. The topological polar surface area (TPSA) is 118 Å². The predicted molar refractivity (Wildman–Crippen MR) is 55.5 cm³/mol. The Hall–Kier alpha value is -2.24. The zero-order valence-corrected chi connectivity index (χ0v) is 7.86. The van der Waals surface area contributed by atoms with Gasteiger partial charge in [-0.1, -0.05) is 0 Å². The van der Waals surface area contributed by atoms with E-state index in [2.05, 4.69) is 5.32 Å². The van der Waals surface area contributed by atoms with E-state index in [1.807, 2.05) is 0 Å². The predicted octanol–water partition coefficient (Wildman–Crippen LogP) is -0.136. The van der Waals surface area contributed by atoms with Crippen LogP contribution in [0.25, 0.3) is 0 Å². The van der Waals surface area contributed by atoms with Crippen molar-refractivity contribution >= 4 is 23.3 Å². The van der Waals surface area contributed by atoms with Gasteiger partial charge >= 0.3 is 5.97 Å². The number of nitrogen functional groups attached to an aromatic ring is 1. The van der Waals surface area contributed by atoms with Crippen LogP contribution in [0.5, 0.6) is 0 Å². The number of rotatable bonds is 4. The quantitative estimate of drug-likeness (QED) is 0.515. The molecule has 1 aromatic rings. The number of carbonyl (C=O) groups is 2. The number of hydrogen-bond donors (Lipinski definition) is 4. The van der Waals surface area contributed by atoms with E-state index in [1.165, 1.54) is 18.2 Å². The fraction of sp³-hybridized carbons (Fsp3) is 0.111. The number of nitrogens with one attached hydrogen (secondary N) is 1. The van der Waals surface area contributed by atoms with Crippen molar-refractivity contribution in [1.82, 2.24) is 0 Å². The fourth-order valence-electron chi connectivity index (χ4n) is 1.05. The summed E-state index contributed by atoms with van der Waals surface area (Å²) in [6.07, 6.45) is 0. The van der Waals surface area contributed by atoms with Gasteiger partial charge < -0.3 is 21.9 Å². The lowest BCUT2D eigenvalue weighted by Gasteiger charge is -2.07. The molecule has 1 rings (SSSR count). The van der Waals surface area contributed by atoms with Crippen molar-refractivity contribution in [3.8, 4) is 0 Å². The normalized spacial score (nSPS) is 9.60. The maximum Gasteiger partial charge on any atom is 0.322 e. The Labute approximate surface area is 85.9 Å². The van der Waals surface area contributed by atoms with E-state index in [0.717, 1.165) is 0 Å². The summed E-state index contributed by atoms with van der Waals surface area (Å²) in [4.78, 5) is 21.1. The molecule has 0 aliphatic carbocycles. The van der Waals surface area contributed by atoms with Gasteiger partial charge in [0, 0.05) is 5.56 Å². The molecule has 6 heteroatoms. The number of carboxylic acid groups (broad SMARTS) is 1. The highest BCUT2D eigenvalue weighted by molar-refractivity contribution is 5.95. The highest BCUT2D eigenvalue weighted by Gasteiger charge is 2.05. The number of hydrogen-bond acceptors (Lipinski definition) is 4. The van der Waals surface area contributed by atoms with Crippen molar-refractivity contribution in [2.45, 2.75) is 0 Å². The van der Waals surface area contributed by atoms with Gasteiger partial charge in [0.05, 0.1) is 11.4 Å². The molecule has 6 N–H and O–H groups in total. The first-order valence-corrected chi connectivity index (χ1v) is 4.15. The molecule has 6 nitrogen and oxygen atoms in total. The largest absolute Gasteiger partial charge is 0.480 e. The van der Waals surface area contributed by atoms with E-state index in [0.29, 0.717) is 5.69 Å². The van der Waals surface area contributed by atoms with Crippen molar-refractivity contribution in [3.05, 3.63) is 23.8 Å². The molecule has 0 saturated carbocycles. The molecule has 0 bridgehead atoms. The first kappa shape index (κ1) is 10.8. The van der Waals surface area contributed by atoms with Crippen LogP contribution in [0.1, 0.15) is 10.4 Å². The summed E-state index contributed by atoms with van der Waals surface area (Å²) in [5.41, 5.74) is 11.7. The monoisotopic (exact) mass is 209 g/mol. The Kier molecular flexibility index (Phi) is 3.12. The average Bonchev–Trinajstić information content (AvgIpc) is 2.15. The summed E-state index contributed by atoms with van der Waals surface area (Å²) >= 11 is 0. The maximum absolute atomic E-state index is 10.8. The van der Waals surface area contributed by atoms with Crippen LogP contribution in [-0.2, 0) is 4.79 Å². The van der Waals surface area contributed by atoms with Crippen molar-refractivity contribution < 1.29 is 14.7 Å². The van der Waals surface area contributed by atoms with Gasteiger partial charge in [0.1, 0.15) is 6.54 Å². The number of carboxylic acids is 1.